The first-order valence-electron chi connectivity index (χ1n) is 11.5. The minimum atomic E-state index is -1.02. The summed E-state index contributed by atoms with van der Waals surface area (Å²) in [6.45, 7) is 6.54. The highest BCUT2D eigenvalue weighted by Gasteiger charge is 2.36. The second-order valence-corrected chi connectivity index (χ2v) is 9.57. The van der Waals surface area contributed by atoms with E-state index in [4.69, 9.17) is 16.2 Å². The summed E-state index contributed by atoms with van der Waals surface area (Å²) < 4.78 is 9.23. The summed E-state index contributed by atoms with van der Waals surface area (Å²) in [5, 5.41) is 2.97. The van der Waals surface area contributed by atoms with Gasteiger partial charge in [0.25, 0.3) is 11.8 Å². The van der Waals surface area contributed by atoms with Crippen molar-refractivity contribution in [3.63, 3.8) is 0 Å². The van der Waals surface area contributed by atoms with Crippen LogP contribution in [0.5, 0.6) is 5.75 Å². The Labute approximate surface area is 214 Å². The maximum absolute atomic E-state index is 14.0. The summed E-state index contributed by atoms with van der Waals surface area (Å²) in [5.41, 5.74) is 13.2. The number of nitrogens with two attached hydrogens (primary N) is 2. The fourth-order valence-electron chi connectivity index (χ4n) is 3.61. The smallest absolute Gasteiger partial charge is 0.273 e. The first-order valence-corrected chi connectivity index (χ1v) is 12.3. The highest BCUT2D eigenvalue weighted by atomic mass is 32.1. The first-order chi connectivity index (χ1) is 17.1. The third kappa shape index (κ3) is 6.01. The molecule has 1 aromatic heterocycles. The van der Waals surface area contributed by atoms with Crippen molar-refractivity contribution >= 4 is 40.6 Å². The predicted molar refractivity (Wildman–Crippen MR) is 141 cm³/mol. The number of benzene rings is 2. The van der Waals surface area contributed by atoms with Gasteiger partial charge in [-0.05, 0) is 60.6 Å². The van der Waals surface area contributed by atoms with Gasteiger partial charge in [-0.2, -0.15) is 4.37 Å². The van der Waals surface area contributed by atoms with E-state index in [2.05, 4.69) is 23.5 Å². The van der Waals surface area contributed by atoms with Gasteiger partial charge in [0.1, 0.15) is 16.7 Å². The van der Waals surface area contributed by atoms with Crippen molar-refractivity contribution in [2.24, 2.45) is 11.7 Å². The number of carbonyl (C=O) groups excluding carboxylic acids is 3. The Bertz CT molecular complexity index is 1220. The molecule has 1 heterocycles. The van der Waals surface area contributed by atoms with E-state index in [-0.39, 0.29) is 22.2 Å². The van der Waals surface area contributed by atoms with E-state index in [0.717, 1.165) is 23.5 Å². The van der Waals surface area contributed by atoms with Crippen LogP contribution in [0.1, 0.15) is 57.6 Å². The molecular formula is C26H31N5O4S. The monoisotopic (exact) mass is 509 g/mol. The molecule has 5 N–H and O–H groups in total. The molecule has 0 spiro atoms. The number of methoxy groups -OCH3 is 1. The molecule has 0 aliphatic rings. The maximum atomic E-state index is 14.0. The Hall–Kier alpha value is -3.92. The number of nitrogens with one attached hydrogen (secondary N) is 1. The molecule has 10 heteroatoms. The lowest BCUT2D eigenvalue weighted by Crippen LogP contribution is -2.44. The molecule has 3 aromatic rings. The Morgan fingerprint density at radius 2 is 1.72 bits per heavy atom. The van der Waals surface area contributed by atoms with Gasteiger partial charge in [0.15, 0.2) is 5.69 Å². The molecule has 0 aliphatic carbocycles. The summed E-state index contributed by atoms with van der Waals surface area (Å²) in [6, 6.07) is 13.1. The van der Waals surface area contributed by atoms with Crippen molar-refractivity contribution in [2.45, 2.75) is 33.2 Å². The Kier molecular flexibility index (Phi) is 8.65. The molecule has 0 fully saturated rings. The number of hydrogen-bond acceptors (Lipinski definition) is 7. The molecule has 0 radical (unpaired) electrons. The molecule has 1 atom stereocenters. The molecule has 3 rings (SSSR count). The molecular weight excluding hydrogens is 478 g/mol. The summed E-state index contributed by atoms with van der Waals surface area (Å²) >= 11 is 0.768. The van der Waals surface area contributed by atoms with Gasteiger partial charge in [-0.15, -0.1) is 0 Å². The van der Waals surface area contributed by atoms with Gasteiger partial charge in [-0.1, -0.05) is 43.7 Å². The zero-order chi connectivity index (χ0) is 26.4. The van der Waals surface area contributed by atoms with Crippen LogP contribution >= 0.6 is 11.5 Å². The number of primary amides is 1. The topological polar surface area (TPSA) is 141 Å². The maximum Gasteiger partial charge on any atom is 0.273 e. The number of carbonyl (C=O) groups is 3. The lowest BCUT2D eigenvalue weighted by Gasteiger charge is -2.31. The Morgan fingerprint density at radius 1 is 1.08 bits per heavy atom. The molecule has 0 bridgehead atoms. The van der Waals surface area contributed by atoms with Crippen molar-refractivity contribution in [1.29, 1.82) is 0 Å². The van der Waals surface area contributed by atoms with Crippen molar-refractivity contribution in [3.8, 4) is 5.75 Å². The summed E-state index contributed by atoms with van der Waals surface area (Å²) in [5.74, 6) is -0.770. The van der Waals surface area contributed by atoms with E-state index in [1.54, 1.807) is 31.4 Å². The second-order valence-electron chi connectivity index (χ2n) is 8.80. The molecule has 190 valence electrons. The van der Waals surface area contributed by atoms with Crippen molar-refractivity contribution < 1.29 is 19.1 Å². The minimum Gasteiger partial charge on any atom is -0.497 e. The molecule has 0 saturated carbocycles. The van der Waals surface area contributed by atoms with Gasteiger partial charge in [0.05, 0.1) is 12.8 Å². The Balaban J connectivity index is 2.15. The van der Waals surface area contributed by atoms with E-state index in [0.29, 0.717) is 29.5 Å². The highest BCUT2D eigenvalue weighted by molar-refractivity contribution is 7.09. The Morgan fingerprint density at radius 3 is 2.25 bits per heavy atom. The molecule has 3 amide bonds. The van der Waals surface area contributed by atoms with Crippen LogP contribution in [0.15, 0.2) is 48.5 Å². The zero-order valence-electron chi connectivity index (χ0n) is 20.8. The number of nitrogens with zero attached hydrogens (tertiary/aromatic N) is 2. The standard InChI is InChI=1S/C26H31N5O4S/c1-15(2)13-14-29-25(33)22(17-7-5-16(3)6-8-17)31(18-9-11-19(35-4)12-10-18)26(34)23-20(27)21(24(28)32)30-36-23/h5-12,15,22H,13-14,27H2,1-4H3,(H2,28,32)(H,29,33). The SMILES string of the molecule is COc1ccc(N(C(=O)c2snc(C(N)=O)c2N)C(C(=O)NCCC(C)C)c2ccc(C)cc2)cc1. The number of nitrogen functional groups attached to an aromatic ring is 1. The first kappa shape index (κ1) is 26.7. The third-order valence-corrected chi connectivity index (χ3v) is 6.50. The number of anilines is 2. The molecule has 0 aliphatic heterocycles. The number of hydrogen-bond donors (Lipinski definition) is 3. The van der Waals surface area contributed by atoms with Crippen LogP contribution in [-0.4, -0.2) is 35.7 Å². The van der Waals surface area contributed by atoms with Crippen molar-refractivity contribution in [2.75, 3.05) is 24.3 Å². The number of amides is 3. The molecule has 36 heavy (non-hydrogen) atoms. The van der Waals surface area contributed by atoms with E-state index in [1.165, 1.54) is 4.90 Å². The summed E-state index contributed by atoms with van der Waals surface area (Å²) in [6.07, 6.45) is 0.784. The summed E-state index contributed by atoms with van der Waals surface area (Å²) in [4.78, 5) is 40.7. The molecule has 0 saturated heterocycles. The van der Waals surface area contributed by atoms with Crippen LogP contribution in [-0.2, 0) is 4.79 Å². The van der Waals surface area contributed by atoms with Crippen LogP contribution < -0.4 is 26.4 Å². The van der Waals surface area contributed by atoms with Crippen molar-refractivity contribution in [3.05, 3.63) is 70.2 Å². The lowest BCUT2D eigenvalue weighted by molar-refractivity contribution is -0.122. The van der Waals surface area contributed by atoms with E-state index >= 15 is 0 Å². The molecule has 1 unspecified atom stereocenters. The van der Waals surface area contributed by atoms with E-state index in [1.807, 2.05) is 31.2 Å². The molecule has 2 aromatic carbocycles. The average molecular weight is 510 g/mol. The van der Waals surface area contributed by atoms with Gasteiger partial charge in [0, 0.05) is 12.2 Å². The fourth-order valence-corrected chi connectivity index (χ4v) is 4.35. The van der Waals surface area contributed by atoms with Gasteiger partial charge < -0.3 is 21.5 Å². The quantitative estimate of drug-likeness (QED) is 0.381. The van der Waals surface area contributed by atoms with Crippen LogP contribution in [0.25, 0.3) is 0 Å². The van der Waals surface area contributed by atoms with Crippen LogP contribution in [0.3, 0.4) is 0 Å². The van der Waals surface area contributed by atoms with Gasteiger partial charge >= 0.3 is 0 Å². The molecule has 9 nitrogen and oxygen atoms in total. The normalized spacial score (nSPS) is 11.7. The number of aromatic nitrogens is 1. The minimum absolute atomic E-state index is 0.0201. The number of rotatable bonds is 10. The van der Waals surface area contributed by atoms with Crippen LogP contribution in [0.2, 0.25) is 0 Å². The van der Waals surface area contributed by atoms with E-state index in [9.17, 15) is 14.4 Å². The second kappa shape index (κ2) is 11.7. The largest absolute Gasteiger partial charge is 0.497 e. The van der Waals surface area contributed by atoms with Gasteiger partial charge in [-0.25, -0.2) is 0 Å². The number of aryl methyl sites for hydroxylation is 1. The van der Waals surface area contributed by atoms with Gasteiger partial charge in [-0.3, -0.25) is 19.3 Å². The van der Waals surface area contributed by atoms with Gasteiger partial charge in [0.2, 0.25) is 5.91 Å². The zero-order valence-corrected chi connectivity index (χ0v) is 21.6. The van der Waals surface area contributed by atoms with Crippen LogP contribution in [0, 0.1) is 12.8 Å². The predicted octanol–water partition coefficient (Wildman–Crippen LogP) is 3.69. The number of ether oxygens (including phenoxy) is 1. The third-order valence-electron chi connectivity index (χ3n) is 5.65. The lowest BCUT2D eigenvalue weighted by atomic mass is 10.0. The fraction of sp³-hybridized carbons (Fsp3) is 0.308. The average Bonchev–Trinajstić information content (AvgIpc) is 3.24. The summed E-state index contributed by atoms with van der Waals surface area (Å²) in [7, 11) is 1.54. The highest BCUT2D eigenvalue weighted by Crippen LogP contribution is 2.34. The van der Waals surface area contributed by atoms with Crippen molar-refractivity contribution in [1.82, 2.24) is 9.69 Å². The van der Waals surface area contributed by atoms with E-state index < -0.39 is 17.9 Å². The van der Waals surface area contributed by atoms with Crippen LogP contribution in [0.4, 0.5) is 11.4 Å².